The molecule has 0 bridgehead atoms. The number of rotatable bonds is 4. The van der Waals surface area contributed by atoms with Gasteiger partial charge in [0, 0.05) is 13.1 Å². The van der Waals surface area contributed by atoms with Crippen molar-refractivity contribution in [2.45, 2.75) is 17.3 Å². The quantitative estimate of drug-likeness (QED) is 0.841. The number of carbonyl (C=O) groups is 2. The maximum Gasteiger partial charge on any atom is 0.324 e. The average molecular weight is 334 g/mol. The molecule has 8 heteroatoms. The Morgan fingerprint density at radius 2 is 2.13 bits per heavy atom. The van der Waals surface area contributed by atoms with Gasteiger partial charge in [0.25, 0.3) is 0 Å². The molecule has 0 aliphatic carbocycles. The molecular weight excluding hydrogens is 319 g/mol. The number of imidazole rings is 1. The second-order valence-corrected chi connectivity index (χ2v) is 6.42. The Hall–Kier alpha value is -2.35. The highest BCUT2D eigenvalue weighted by Crippen LogP contribution is 2.25. The van der Waals surface area contributed by atoms with Crippen LogP contribution in [0.3, 0.4) is 0 Å². The van der Waals surface area contributed by atoms with Crippen LogP contribution in [0.1, 0.15) is 6.92 Å². The third-order valence-corrected chi connectivity index (χ3v) is 4.45. The van der Waals surface area contributed by atoms with Crippen LogP contribution in [0.4, 0.5) is 9.18 Å². The van der Waals surface area contributed by atoms with Crippen LogP contribution in [0.25, 0.3) is 11.3 Å². The van der Waals surface area contributed by atoms with Crippen LogP contribution in [-0.2, 0) is 4.79 Å². The van der Waals surface area contributed by atoms with Gasteiger partial charge >= 0.3 is 6.03 Å². The molecule has 2 heterocycles. The molecule has 1 aromatic heterocycles. The van der Waals surface area contributed by atoms with Crippen molar-refractivity contribution < 1.29 is 14.0 Å². The Labute approximate surface area is 136 Å². The molecule has 3 amide bonds. The van der Waals surface area contributed by atoms with Crippen LogP contribution in [0.5, 0.6) is 0 Å². The number of carbonyl (C=O) groups excluding carboxylic acids is 2. The number of imide groups is 1. The van der Waals surface area contributed by atoms with Crippen molar-refractivity contribution in [3.8, 4) is 11.3 Å². The number of benzene rings is 1. The van der Waals surface area contributed by atoms with Gasteiger partial charge in [0.2, 0.25) is 5.91 Å². The number of nitrogens with zero attached hydrogens (tertiary/aromatic N) is 2. The summed E-state index contributed by atoms with van der Waals surface area (Å²) in [7, 11) is 0. The first kappa shape index (κ1) is 15.5. The number of hydrogen-bond acceptors (Lipinski definition) is 4. The van der Waals surface area contributed by atoms with Gasteiger partial charge in [-0.25, -0.2) is 14.2 Å². The van der Waals surface area contributed by atoms with Crippen LogP contribution in [0.15, 0.2) is 35.6 Å². The van der Waals surface area contributed by atoms with Gasteiger partial charge in [-0.2, -0.15) is 0 Å². The van der Waals surface area contributed by atoms with E-state index in [1.165, 1.54) is 28.8 Å². The lowest BCUT2D eigenvalue weighted by Gasteiger charge is -2.16. The number of hydrogen-bond donors (Lipinski definition) is 2. The molecule has 1 atom stereocenters. The molecule has 0 saturated carbocycles. The Kier molecular flexibility index (Phi) is 4.33. The zero-order chi connectivity index (χ0) is 16.4. The van der Waals surface area contributed by atoms with Gasteiger partial charge in [0.15, 0.2) is 5.16 Å². The van der Waals surface area contributed by atoms with E-state index in [0.717, 1.165) is 11.3 Å². The Balaban J connectivity index is 1.67. The maximum atomic E-state index is 12.9. The lowest BCUT2D eigenvalue weighted by Crippen LogP contribution is -2.38. The number of H-pyrrole nitrogens is 1. The molecule has 6 nitrogen and oxygen atoms in total. The van der Waals surface area contributed by atoms with Crippen molar-refractivity contribution in [2.75, 3.05) is 13.1 Å². The molecule has 0 spiro atoms. The molecule has 23 heavy (non-hydrogen) atoms. The van der Waals surface area contributed by atoms with E-state index in [0.29, 0.717) is 18.2 Å². The summed E-state index contributed by atoms with van der Waals surface area (Å²) in [6, 6.07) is 5.71. The number of thioether (sulfide) groups is 1. The minimum atomic E-state index is -0.439. The Morgan fingerprint density at radius 1 is 1.39 bits per heavy atom. The summed E-state index contributed by atoms with van der Waals surface area (Å²) < 4.78 is 12.9. The number of aromatic nitrogens is 2. The van der Waals surface area contributed by atoms with Gasteiger partial charge in [-0.05, 0) is 36.8 Å². The third kappa shape index (κ3) is 3.37. The topological polar surface area (TPSA) is 78.1 Å². The highest BCUT2D eigenvalue weighted by molar-refractivity contribution is 8.00. The SMILES string of the molecule is CC(Sc1ncc(-c2ccc(F)cc2)[nH]1)C(=O)N1CCNC1=O. The predicted octanol–water partition coefficient (Wildman–Crippen LogP) is 2.25. The fraction of sp³-hybridized carbons (Fsp3) is 0.267. The average Bonchev–Trinajstić information content (AvgIpc) is 3.16. The molecule has 1 fully saturated rings. The number of urea groups is 1. The predicted molar refractivity (Wildman–Crippen MR) is 84.4 cm³/mol. The minimum absolute atomic E-state index is 0.246. The summed E-state index contributed by atoms with van der Waals surface area (Å²) in [5.74, 6) is -0.546. The molecule has 1 saturated heterocycles. The van der Waals surface area contributed by atoms with Crippen molar-refractivity contribution in [3.63, 3.8) is 0 Å². The number of halogens is 1. The second kappa shape index (κ2) is 6.41. The van der Waals surface area contributed by atoms with E-state index in [2.05, 4.69) is 15.3 Å². The molecule has 1 unspecified atom stereocenters. The molecule has 120 valence electrons. The first-order valence-corrected chi connectivity index (χ1v) is 7.99. The normalized spacial score (nSPS) is 15.6. The van der Waals surface area contributed by atoms with Gasteiger partial charge in [-0.1, -0.05) is 11.8 Å². The molecule has 2 N–H and O–H groups in total. The smallest absolute Gasteiger partial charge is 0.324 e. The van der Waals surface area contributed by atoms with E-state index in [1.54, 1.807) is 25.3 Å². The minimum Gasteiger partial charge on any atom is -0.336 e. The fourth-order valence-electron chi connectivity index (χ4n) is 2.26. The highest BCUT2D eigenvalue weighted by Gasteiger charge is 2.30. The van der Waals surface area contributed by atoms with Crippen LogP contribution in [0.2, 0.25) is 0 Å². The fourth-order valence-corrected chi connectivity index (χ4v) is 3.10. The standard InChI is InChI=1S/C15H15FN4O2S/c1-9(13(21)20-7-6-17-15(20)22)23-14-18-8-12(19-14)10-2-4-11(16)5-3-10/h2-5,8-9H,6-7H2,1H3,(H,17,22)(H,18,19). The van der Waals surface area contributed by atoms with E-state index in [4.69, 9.17) is 0 Å². The van der Waals surface area contributed by atoms with E-state index in [-0.39, 0.29) is 17.8 Å². The monoisotopic (exact) mass is 334 g/mol. The maximum absolute atomic E-state index is 12.9. The van der Waals surface area contributed by atoms with Crippen molar-refractivity contribution >= 4 is 23.7 Å². The molecular formula is C15H15FN4O2S. The van der Waals surface area contributed by atoms with Crippen LogP contribution < -0.4 is 5.32 Å². The number of amides is 3. The van der Waals surface area contributed by atoms with Crippen LogP contribution >= 0.6 is 11.8 Å². The number of aromatic amines is 1. The molecule has 1 aliphatic rings. The summed E-state index contributed by atoms with van der Waals surface area (Å²) in [5.41, 5.74) is 1.55. The Bertz CT molecular complexity index is 731. The van der Waals surface area contributed by atoms with E-state index >= 15 is 0 Å². The lowest BCUT2D eigenvalue weighted by molar-refractivity contribution is -0.126. The van der Waals surface area contributed by atoms with Gasteiger partial charge in [0.1, 0.15) is 5.82 Å². The molecule has 2 aromatic rings. The summed E-state index contributed by atoms with van der Waals surface area (Å²) >= 11 is 1.25. The highest BCUT2D eigenvalue weighted by atomic mass is 32.2. The lowest BCUT2D eigenvalue weighted by atomic mass is 10.2. The summed E-state index contributed by atoms with van der Waals surface area (Å²) in [6.07, 6.45) is 1.63. The van der Waals surface area contributed by atoms with Crippen molar-refractivity contribution in [1.82, 2.24) is 20.2 Å². The zero-order valence-corrected chi connectivity index (χ0v) is 13.2. The molecule has 3 rings (SSSR count). The summed E-state index contributed by atoms with van der Waals surface area (Å²) in [4.78, 5) is 32.3. The van der Waals surface area contributed by atoms with Gasteiger partial charge < -0.3 is 10.3 Å². The summed E-state index contributed by atoms with van der Waals surface area (Å²) in [5, 5.41) is 2.74. The number of nitrogens with one attached hydrogen (secondary N) is 2. The molecule has 1 aromatic carbocycles. The van der Waals surface area contributed by atoms with Crippen LogP contribution in [0, 0.1) is 5.82 Å². The molecule has 0 radical (unpaired) electrons. The second-order valence-electron chi connectivity index (χ2n) is 5.09. The van der Waals surface area contributed by atoms with E-state index in [9.17, 15) is 14.0 Å². The van der Waals surface area contributed by atoms with Gasteiger partial charge in [-0.3, -0.25) is 9.69 Å². The van der Waals surface area contributed by atoms with Crippen molar-refractivity contribution in [1.29, 1.82) is 0 Å². The van der Waals surface area contributed by atoms with Gasteiger partial charge in [-0.15, -0.1) is 0 Å². The van der Waals surface area contributed by atoms with Gasteiger partial charge in [0.05, 0.1) is 17.1 Å². The zero-order valence-electron chi connectivity index (χ0n) is 12.4. The van der Waals surface area contributed by atoms with E-state index in [1.807, 2.05) is 0 Å². The first-order chi connectivity index (χ1) is 11.0. The van der Waals surface area contributed by atoms with Crippen molar-refractivity contribution in [3.05, 3.63) is 36.3 Å². The van der Waals surface area contributed by atoms with Crippen LogP contribution in [-0.4, -0.2) is 45.1 Å². The van der Waals surface area contributed by atoms with Crippen molar-refractivity contribution in [2.24, 2.45) is 0 Å². The Morgan fingerprint density at radius 3 is 2.78 bits per heavy atom. The first-order valence-electron chi connectivity index (χ1n) is 7.11. The van der Waals surface area contributed by atoms with E-state index < -0.39 is 5.25 Å². The summed E-state index contributed by atoms with van der Waals surface area (Å²) in [6.45, 7) is 2.61. The third-order valence-electron chi connectivity index (χ3n) is 3.47. The largest absolute Gasteiger partial charge is 0.336 e. The molecule has 1 aliphatic heterocycles.